The summed E-state index contributed by atoms with van der Waals surface area (Å²) in [5.74, 6) is -0.261. The first-order valence-electron chi connectivity index (χ1n) is 8.46. The first kappa shape index (κ1) is 21.4. The molecule has 2 N–H and O–H groups in total. The van der Waals surface area contributed by atoms with Gasteiger partial charge in [-0.2, -0.15) is 0 Å². The summed E-state index contributed by atoms with van der Waals surface area (Å²) in [4.78, 5) is 12.6. The van der Waals surface area contributed by atoms with Crippen molar-refractivity contribution in [1.29, 1.82) is 0 Å². The highest BCUT2D eigenvalue weighted by molar-refractivity contribution is 7.89. The number of nitrogens with zero attached hydrogens (tertiary/aromatic N) is 1. The minimum absolute atomic E-state index is 0.0788. The number of nitrogens with one attached hydrogen (secondary N) is 2. The van der Waals surface area contributed by atoms with Crippen LogP contribution in [0.1, 0.15) is 25.5 Å². The van der Waals surface area contributed by atoms with Crippen molar-refractivity contribution in [2.75, 3.05) is 19.4 Å². The maximum Gasteiger partial charge on any atom is 0.242 e. The van der Waals surface area contributed by atoms with E-state index in [1.54, 1.807) is 25.1 Å². The second kappa shape index (κ2) is 8.84. The summed E-state index contributed by atoms with van der Waals surface area (Å²) in [5.41, 5.74) is 1.40. The van der Waals surface area contributed by atoms with E-state index in [1.165, 1.54) is 26.2 Å². The maximum absolute atomic E-state index is 12.5. The minimum Gasteiger partial charge on any atom is -0.325 e. The summed E-state index contributed by atoms with van der Waals surface area (Å²) in [5, 5.41) is 6.60. The van der Waals surface area contributed by atoms with Gasteiger partial charge in [0.05, 0.1) is 10.9 Å². The highest BCUT2D eigenvalue weighted by atomic mass is 35.5. The molecule has 0 aliphatic heterocycles. The smallest absolute Gasteiger partial charge is 0.242 e. The standard InChI is InChI=1S/C19H24ClN3O3S/c1-13(15-7-5-8-16(20)11-15)21-14(2)19(24)22-17-9-6-10-18(12-17)27(25,26)23(3)4/h5-14,21H,1-4H3,(H,22,24)/t13-,14-/m0/s1. The molecule has 27 heavy (non-hydrogen) atoms. The Morgan fingerprint density at radius 1 is 1.07 bits per heavy atom. The van der Waals surface area contributed by atoms with Gasteiger partial charge < -0.3 is 5.32 Å². The van der Waals surface area contributed by atoms with E-state index in [2.05, 4.69) is 10.6 Å². The molecular formula is C19H24ClN3O3S. The van der Waals surface area contributed by atoms with E-state index in [0.717, 1.165) is 9.87 Å². The van der Waals surface area contributed by atoms with E-state index in [4.69, 9.17) is 11.6 Å². The van der Waals surface area contributed by atoms with Crippen molar-refractivity contribution in [2.24, 2.45) is 0 Å². The molecule has 0 saturated heterocycles. The molecule has 2 rings (SSSR count). The number of carbonyl (C=O) groups excluding carboxylic acids is 1. The Balaban J connectivity index is 2.06. The fourth-order valence-electron chi connectivity index (χ4n) is 2.52. The van der Waals surface area contributed by atoms with Gasteiger partial charge in [0.15, 0.2) is 0 Å². The fraction of sp³-hybridized carbons (Fsp3) is 0.316. The van der Waals surface area contributed by atoms with Crippen molar-refractivity contribution in [3.63, 3.8) is 0 Å². The van der Waals surface area contributed by atoms with Gasteiger partial charge in [-0.15, -0.1) is 0 Å². The Hall–Kier alpha value is -1.93. The second-order valence-corrected chi connectivity index (χ2v) is 9.06. The Labute approximate surface area is 165 Å². The first-order valence-corrected chi connectivity index (χ1v) is 10.3. The topological polar surface area (TPSA) is 78.5 Å². The molecule has 0 aromatic heterocycles. The Morgan fingerprint density at radius 2 is 1.74 bits per heavy atom. The van der Waals surface area contributed by atoms with Crippen LogP contribution in [0.2, 0.25) is 5.02 Å². The first-order chi connectivity index (χ1) is 12.6. The van der Waals surface area contributed by atoms with Gasteiger partial charge in [0, 0.05) is 30.8 Å². The lowest BCUT2D eigenvalue weighted by Gasteiger charge is -2.20. The van der Waals surface area contributed by atoms with E-state index >= 15 is 0 Å². The lowest BCUT2D eigenvalue weighted by Crippen LogP contribution is -2.39. The van der Waals surface area contributed by atoms with Gasteiger partial charge in [0.2, 0.25) is 15.9 Å². The molecule has 0 aliphatic rings. The second-order valence-electron chi connectivity index (χ2n) is 6.47. The van der Waals surface area contributed by atoms with Crippen LogP contribution >= 0.6 is 11.6 Å². The molecular weight excluding hydrogens is 386 g/mol. The lowest BCUT2D eigenvalue weighted by molar-refractivity contribution is -0.117. The molecule has 0 heterocycles. The molecule has 0 fully saturated rings. The number of benzene rings is 2. The van der Waals surface area contributed by atoms with Gasteiger partial charge >= 0.3 is 0 Å². The Kier molecular flexibility index (Phi) is 7.00. The van der Waals surface area contributed by atoms with E-state index in [0.29, 0.717) is 10.7 Å². The number of carbonyl (C=O) groups is 1. The Bertz CT molecular complexity index is 916. The van der Waals surface area contributed by atoms with Crippen molar-refractivity contribution in [2.45, 2.75) is 30.8 Å². The highest BCUT2D eigenvalue weighted by Crippen LogP contribution is 2.20. The van der Waals surface area contributed by atoms with Gasteiger partial charge in [0.25, 0.3) is 0 Å². The molecule has 0 unspecified atom stereocenters. The number of hydrogen-bond donors (Lipinski definition) is 2. The summed E-state index contributed by atoms with van der Waals surface area (Å²) in [6.45, 7) is 3.69. The van der Waals surface area contributed by atoms with Crippen LogP contribution in [0, 0.1) is 0 Å². The zero-order valence-corrected chi connectivity index (χ0v) is 17.3. The van der Waals surface area contributed by atoms with Crippen LogP contribution in [-0.4, -0.2) is 38.8 Å². The van der Waals surface area contributed by atoms with Crippen LogP contribution in [-0.2, 0) is 14.8 Å². The number of sulfonamides is 1. The fourth-order valence-corrected chi connectivity index (χ4v) is 3.67. The van der Waals surface area contributed by atoms with Crippen LogP contribution < -0.4 is 10.6 Å². The summed E-state index contributed by atoms with van der Waals surface area (Å²) in [6, 6.07) is 13.0. The SMILES string of the molecule is C[C@H](N[C@@H](C)c1cccc(Cl)c1)C(=O)Nc1cccc(S(=O)(=O)N(C)C)c1. The maximum atomic E-state index is 12.5. The van der Waals surface area contributed by atoms with Crippen molar-refractivity contribution in [3.8, 4) is 0 Å². The van der Waals surface area contributed by atoms with Crippen molar-refractivity contribution < 1.29 is 13.2 Å². The molecule has 0 radical (unpaired) electrons. The van der Waals surface area contributed by atoms with Gasteiger partial charge in [-0.1, -0.05) is 29.8 Å². The van der Waals surface area contributed by atoms with Crippen molar-refractivity contribution in [3.05, 3.63) is 59.1 Å². The third-order valence-electron chi connectivity index (χ3n) is 4.12. The van der Waals surface area contributed by atoms with Crippen LogP contribution in [0.4, 0.5) is 5.69 Å². The van der Waals surface area contributed by atoms with Crippen LogP contribution in [0.5, 0.6) is 0 Å². The van der Waals surface area contributed by atoms with E-state index in [-0.39, 0.29) is 16.8 Å². The molecule has 2 aromatic carbocycles. The minimum atomic E-state index is -3.56. The zero-order valence-electron chi connectivity index (χ0n) is 15.7. The van der Waals surface area contributed by atoms with Gasteiger partial charge in [-0.3, -0.25) is 10.1 Å². The summed E-state index contributed by atoms with van der Waals surface area (Å²) in [6.07, 6.45) is 0. The summed E-state index contributed by atoms with van der Waals surface area (Å²) >= 11 is 6.01. The zero-order chi connectivity index (χ0) is 20.2. The molecule has 6 nitrogen and oxygen atoms in total. The van der Waals surface area contributed by atoms with E-state index in [9.17, 15) is 13.2 Å². The molecule has 2 aromatic rings. The van der Waals surface area contributed by atoms with Crippen LogP contribution in [0.15, 0.2) is 53.4 Å². The van der Waals surface area contributed by atoms with Crippen molar-refractivity contribution in [1.82, 2.24) is 9.62 Å². The molecule has 0 spiro atoms. The molecule has 2 atom stereocenters. The predicted molar refractivity (Wildman–Crippen MR) is 108 cm³/mol. The van der Waals surface area contributed by atoms with Gasteiger partial charge in [-0.25, -0.2) is 12.7 Å². The van der Waals surface area contributed by atoms with Gasteiger partial charge in [-0.05, 0) is 49.7 Å². The average molecular weight is 410 g/mol. The summed E-state index contributed by atoms with van der Waals surface area (Å²) in [7, 11) is -0.636. The highest BCUT2D eigenvalue weighted by Gasteiger charge is 2.19. The number of anilines is 1. The molecule has 146 valence electrons. The number of hydrogen-bond acceptors (Lipinski definition) is 4. The molecule has 0 bridgehead atoms. The molecule has 8 heteroatoms. The monoisotopic (exact) mass is 409 g/mol. The lowest BCUT2D eigenvalue weighted by atomic mass is 10.1. The third kappa shape index (κ3) is 5.52. The normalized spacial score (nSPS) is 14.0. The van der Waals surface area contributed by atoms with Crippen molar-refractivity contribution >= 4 is 33.2 Å². The number of rotatable bonds is 7. The van der Waals surface area contributed by atoms with Gasteiger partial charge in [0.1, 0.15) is 0 Å². The Morgan fingerprint density at radius 3 is 2.37 bits per heavy atom. The van der Waals surface area contributed by atoms with E-state index in [1.807, 2.05) is 25.1 Å². The predicted octanol–water partition coefficient (Wildman–Crippen LogP) is 3.27. The molecule has 1 amide bonds. The van der Waals surface area contributed by atoms with Crippen LogP contribution in [0.3, 0.4) is 0 Å². The largest absolute Gasteiger partial charge is 0.325 e. The van der Waals surface area contributed by atoms with Crippen LogP contribution in [0.25, 0.3) is 0 Å². The quantitative estimate of drug-likeness (QED) is 0.735. The molecule has 0 aliphatic carbocycles. The number of amides is 1. The molecule has 0 saturated carbocycles. The average Bonchev–Trinajstić information content (AvgIpc) is 2.61. The number of halogens is 1. The third-order valence-corrected chi connectivity index (χ3v) is 6.17. The summed E-state index contributed by atoms with van der Waals surface area (Å²) < 4.78 is 25.6. The van der Waals surface area contributed by atoms with E-state index < -0.39 is 16.1 Å².